The number of carbonyl (C=O) groups is 2. The first-order chi connectivity index (χ1) is 30.6. The summed E-state index contributed by atoms with van der Waals surface area (Å²) >= 11 is 1.61. The Kier molecular flexibility index (Phi) is 12.7. The third-order valence-corrected chi connectivity index (χ3v) is 13.1. The molecule has 0 aliphatic carbocycles. The van der Waals surface area contributed by atoms with Crippen molar-refractivity contribution in [2.24, 2.45) is 20.0 Å². The second kappa shape index (κ2) is 18.6. The van der Waals surface area contributed by atoms with Gasteiger partial charge in [0.2, 0.25) is 0 Å². The van der Waals surface area contributed by atoms with E-state index in [0.29, 0.717) is 23.1 Å². The maximum atomic E-state index is 13.6. The number of nitrogens with zero attached hydrogens (tertiary/aromatic N) is 10. The second-order valence-electron chi connectivity index (χ2n) is 16.4. The third kappa shape index (κ3) is 8.52. The van der Waals surface area contributed by atoms with Crippen LogP contribution < -0.4 is 9.80 Å². The fraction of sp³-hybridized carbons (Fsp3) is 0.294. The molecule has 1 aromatic heterocycles. The summed E-state index contributed by atoms with van der Waals surface area (Å²) in [5.74, 6) is 3.84. The molecule has 0 N–H and O–H groups in total. The number of aliphatic imine (C=N–C) groups is 4. The number of hydrogen-bond donors (Lipinski definition) is 0. The number of fused-ring (bicyclic) bond motifs is 6. The topological polar surface area (TPSA) is 103 Å². The fourth-order valence-corrected chi connectivity index (χ4v) is 9.44. The van der Waals surface area contributed by atoms with Gasteiger partial charge in [0.1, 0.15) is 35.1 Å². The minimum absolute atomic E-state index is 0. The average molecular weight is 871 g/mol. The summed E-state index contributed by atoms with van der Waals surface area (Å²) in [5.41, 5.74) is 7.89. The molecule has 326 valence electrons. The van der Waals surface area contributed by atoms with Crippen molar-refractivity contribution in [1.29, 1.82) is 0 Å². The van der Waals surface area contributed by atoms with E-state index in [0.717, 1.165) is 107 Å². The lowest BCUT2D eigenvalue weighted by Crippen LogP contribution is -2.42. The van der Waals surface area contributed by atoms with Gasteiger partial charge in [-0.3, -0.25) is 29.4 Å². The molecular formula is C51H54N10O2S. The van der Waals surface area contributed by atoms with Crippen molar-refractivity contribution in [2.75, 3.05) is 76.3 Å². The zero-order chi connectivity index (χ0) is 43.8. The highest BCUT2D eigenvalue weighted by Crippen LogP contribution is 2.40. The molecule has 2 atom stereocenters. The molecule has 6 aliphatic rings. The van der Waals surface area contributed by atoms with Gasteiger partial charge in [-0.15, -0.1) is 17.8 Å². The van der Waals surface area contributed by atoms with Crippen molar-refractivity contribution >= 4 is 63.7 Å². The molecule has 64 heavy (non-hydrogen) atoms. The van der Waals surface area contributed by atoms with Crippen LogP contribution in [0.1, 0.15) is 53.3 Å². The van der Waals surface area contributed by atoms with Crippen LogP contribution in [0.3, 0.4) is 0 Å². The normalized spacial score (nSPS) is 22.0. The molecule has 2 amide bonds. The molecule has 6 aliphatic heterocycles. The zero-order valence-corrected chi connectivity index (χ0v) is 36.9. The molecule has 2 saturated heterocycles. The molecule has 0 bridgehead atoms. The number of rotatable bonds is 5. The summed E-state index contributed by atoms with van der Waals surface area (Å²) in [5, 5.41) is 0. The number of likely N-dealkylation sites (N-methyl/N-ethyl adjacent to an activating group) is 2. The smallest absolute Gasteiger partial charge is 0.284 e. The number of carbonyl (C=O) groups excluding carboxylic acids is 2. The number of amides is 2. The minimum Gasteiger partial charge on any atom is -0.373 e. The summed E-state index contributed by atoms with van der Waals surface area (Å²) < 4.78 is 0. The van der Waals surface area contributed by atoms with Gasteiger partial charge in [0, 0.05) is 91.9 Å². The lowest BCUT2D eigenvalue weighted by molar-refractivity contribution is -0.114. The summed E-state index contributed by atoms with van der Waals surface area (Å²) in [6.07, 6.45) is 11.3. The average Bonchev–Trinajstić information content (AvgIpc) is 3.94. The molecule has 4 aromatic rings. The van der Waals surface area contributed by atoms with Crippen LogP contribution in [0.5, 0.6) is 0 Å². The Morgan fingerprint density at radius 1 is 0.672 bits per heavy atom. The van der Waals surface area contributed by atoms with Crippen LogP contribution in [0, 0.1) is 12.3 Å². The first kappa shape index (κ1) is 43.9. The van der Waals surface area contributed by atoms with Gasteiger partial charge in [-0.05, 0) is 52.2 Å². The number of benzene rings is 3. The molecule has 7 heterocycles. The quantitative estimate of drug-likeness (QED) is 0.161. The van der Waals surface area contributed by atoms with Crippen molar-refractivity contribution in [3.8, 4) is 12.3 Å². The Balaban J connectivity index is 0.000000172. The van der Waals surface area contributed by atoms with Crippen LogP contribution >= 0.6 is 11.3 Å². The van der Waals surface area contributed by atoms with Crippen LogP contribution in [0.4, 0.5) is 11.4 Å². The minimum atomic E-state index is -0.283. The third-order valence-electron chi connectivity index (χ3n) is 12.0. The van der Waals surface area contributed by atoms with E-state index < -0.39 is 0 Å². The molecule has 10 rings (SSSR count). The van der Waals surface area contributed by atoms with Crippen LogP contribution in [0.25, 0.3) is 6.08 Å². The van der Waals surface area contributed by atoms with E-state index in [9.17, 15) is 9.59 Å². The monoisotopic (exact) mass is 870 g/mol. The van der Waals surface area contributed by atoms with E-state index >= 15 is 0 Å². The number of piperazine rings is 2. The largest absolute Gasteiger partial charge is 0.373 e. The fourth-order valence-electron chi connectivity index (χ4n) is 8.43. The molecule has 13 heteroatoms. The second-order valence-corrected chi connectivity index (χ2v) is 17.5. The Hall–Kier alpha value is -6.72. The number of hydrogen-bond acceptors (Lipinski definition) is 11. The number of amidine groups is 2. The van der Waals surface area contributed by atoms with Gasteiger partial charge in [-0.1, -0.05) is 86.7 Å². The van der Waals surface area contributed by atoms with Gasteiger partial charge >= 0.3 is 0 Å². The van der Waals surface area contributed by atoms with Crippen LogP contribution in [0.2, 0.25) is 0 Å². The van der Waals surface area contributed by atoms with Crippen LogP contribution in [0.15, 0.2) is 135 Å². The first-order valence-electron chi connectivity index (χ1n) is 21.4. The van der Waals surface area contributed by atoms with Gasteiger partial charge in [-0.2, -0.15) is 0 Å². The molecule has 0 saturated carbocycles. The molecule has 12 nitrogen and oxygen atoms in total. The van der Waals surface area contributed by atoms with Gasteiger partial charge in [0.05, 0.1) is 27.7 Å². The maximum Gasteiger partial charge on any atom is 0.284 e. The van der Waals surface area contributed by atoms with Crippen molar-refractivity contribution < 1.29 is 9.59 Å². The lowest BCUT2D eigenvalue weighted by atomic mass is 9.98. The van der Waals surface area contributed by atoms with Gasteiger partial charge in [0.15, 0.2) is 0 Å². The summed E-state index contributed by atoms with van der Waals surface area (Å²) in [4.78, 5) is 61.0. The highest BCUT2D eigenvalue weighted by Gasteiger charge is 2.41. The Labute approximate surface area is 380 Å². The van der Waals surface area contributed by atoms with E-state index in [1.165, 1.54) is 0 Å². The predicted molar refractivity (Wildman–Crippen MR) is 263 cm³/mol. The summed E-state index contributed by atoms with van der Waals surface area (Å²) in [6, 6.07) is 27.3. The van der Waals surface area contributed by atoms with E-state index in [1.54, 1.807) is 21.1 Å². The molecule has 0 spiro atoms. The maximum absolute atomic E-state index is 13.6. The van der Waals surface area contributed by atoms with Crippen LogP contribution in [-0.4, -0.2) is 133 Å². The predicted octanol–water partition coefficient (Wildman–Crippen LogP) is 6.84. The van der Waals surface area contributed by atoms with Gasteiger partial charge in [0.25, 0.3) is 11.8 Å². The van der Waals surface area contributed by atoms with Crippen molar-refractivity contribution in [3.05, 3.63) is 147 Å². The van der Waals surface area contributed by atoms with E-state index in [1.807, 2.05) is 105 Å². The number of anilines is 2. The Morgan fingerprint density at radius 2 is 1.16 bits per heavy atom. The van der Waals surface area contributed by atoms with Crippen LogP contribution in [-0.2, 0) is 9.59 Å². The molecule has 3 aromatic carbocycles. The van der Waals surface area contributed by atoms with Gasteiger partial charge < -0.3 is 19.6 Å². The molecule has 0 radical (unpaired) electrons. The summed E-state index contributed by atoms with van der Waals surface area (Å²) in [6.45, 7) is 15.4. The first-order valence-corrected chi connectivity index (χ1v) is 22.2. The van der Waals surface area contributed by atoms with Crippen molar-refractivity contribution in [1.82, 2.24) is 19.6 Å². The van der Waals surface area contributed by atoms with Crippen molar-refractivity contribution in [2.45, 2.75) is 33.4 Å². The lowest BCUT2D eigenvalue weighted by Gasteiger charge is -2.31. The Morgan fingerprint density at radius 3 is 1.66 bits per heavy atom. The highest BCUT2D eigenvalue weighted by molar-refractivity contribution is 7.16. The SMILES string of the molecule is C.C#Cc1ccc2c(c1)C(c1ccccc1)=NC(C)C1=N/C(=C\N3CCN(C)CC3)C(=O)N12.C=Cc1cc2c(s1)C(c1ccccc1)=NC(C)C1=N/C(=C\N3CCN(C)CC3)C(=O)N12. The van der Waals surface area contributed by atoms with E-state index in [4.69, 9.17) is 26.4 Å². The van der Waals surface area contributed by atoms with E-state index in [2.05, 4.69) is 58.3 Å². The number of thiophene rings is 1. The van der Waals surface area contributed by atoms with Crippen molar-refractivity contribution in [3.63, 3.8) is 0 Å². The zero-order valence-electron chi connectivity index (χ0n) is 36.1. The molecule has 2 fully saturated rings. The van der Waals surface area contributed by atoms with Gasteiger partial charge in [-0.25, -0.2) is 9.98 Å². The van der Waals surface area contributed by atoms with E-state index in [-0.39, 0.29) is 31.3 Å². The number of terminal acetylenes is 1. The summed E-state index contributed by atoms with van der Waals surface area (Å²) in [7, 11) is 4.23. The standard InChI is InChI=1S/C26H25N5O.C24H25N5OS.CH4/c1-4-19-10-11-23-21(16-19)24(20-8-6-5-7-9-20)27-18(2)25-28-22(26(32)31(23)25)17-30-14-12-29(3)13-15-30;1-4-18-14-20-22(31-18)21(17-8-6-5-7-9-17)25-16(2)23-26-19(24(30)29(20)23)15-28-12-10-27(3)11-13-28;/h1,5-11,16-18H,12-15H2,2-3H3;4-9,14-16H,1,10-13H2,2-3H3;1H4/b22-17-;19-15-;. The Bertz CT molecular complexity index is 2690. The molecule has 2 unspecified atom stereocenters. The highest BCUT2D eigenvalue weighted by atomic mass is 32.1. The molecular weight excluding hydrogens is 817 g/mol.